The summed E-state index contributed by atoms with van der Waals surface area (Å²) in [5.41, 5.74) is 1.24. The van der Waals surface area contributed by atoms with Crippen molar-refractivity contribution in [3.8, 4) is 0 Å². The Morgan fingerprint density at radius 2 is 2.19 bits per heavy atom. The molecule has 2 nitrogen and oxygen atoms in total. The molecule has 0 spiro atoms. The van der Waals surface area contributed by atoms with Crippen molar-refractivity contribution in [3.63, 3.8) is 0 Å². The third-order valence-electron chi connectivity index (χ3n) is 4.01. The maximum absolute atomic E-state index is 6.11. The van der Waals surface area contributed by atoms with Gasteiger partial charge in [0.05, 0.1) is 16.1 Å². The molecule has 2 rings (SSSR count). The van der Waals surface area contributed by atoms with E-state index in [0.717, 1.165) is 38.8 Å². The Balaban J connectivity index is 1.89. The number of nitrogens with one attached hydrogen (secondary N) is 1. The fourth-order valence-electron chi connectivity index (χ4n) is 2.83. The first-order valence-electron chi connectivity index (χ1n) is 7.98. The molecule has 118 valence electrons. The van der Waals surface area contributed by atoms with Gasteiger partial charge >= 0.3 is 0 Å². The van der Waals surface area contributed by atoms with Gasteiger partial charge in [-0.05, 0) is 62.8 Å². The summed E-state index contributed by atoms with van der Waals surface area (Å²) in [6, 6.07) is 6.42. The molecule has 0 saturated carbocycles. The zero-order chi connectivity index (χ0) is 15.1. The molecule has 0 aromatic heterocycles. The second kappa shape index (κ2) is 8.99. The fraction of sp³-hybridized carbons (Fsp3) is 0.647. The van der Waals surface area contributed by atoms with Crippen molar-refractivity contribution in [1.82, 2.24) is 5.32 Å². The molecule has 1 heterocycles. The molecular weight excluding hydrogens is 305 g/mol. The van der Waals surface area contributed by atoms with E-state index in [1.165, 1.54) is 18.4 Å². The lowest BCUT2D eigenvalue weighted by atomic mass is 9.99. The van der Waals surface area contributed by atoms with Crippen LogP contribution in [0.3, 0.4) is 0 Å². The van der Waals surface area contributed by atoms with Crippen molar-refractivity contribution in [2.24, 2.45) is 0 Å². The molecule has 2 unspecified atom stereocenters. The number of benzene rings is 1. The Kier molecular flexibility index (Phi) is 7.31. The van der Waals surface area contributed by atoms with Crippen LogP contribution in [0, 0.1) is 0 Å². The highest BCUT2D eigenvalue weighted by Crippen LogP contribution is 2.24. The normalized spacial score (nSPS) is 19.9. The summed E-state index contributed by atoms with van der Waals surface area (Å²) < 4.78 is 5.73. The van der Waals surface area contributed by atoms with Crippen molar-refractivity contribution in [2.45, 2.75) is 57.6 Å². The molecule has 1 aromatic rings. The summed E-state index contributed by atoms with van der Waals surface area (Å²) in [6.07, 6.45) is 7.32. The van der Waals surface area contributed by atoms with Gasteiger partial charge in [0.15, 0.2) is 0 Å². The molecule has 0 amide bonds. The van der Waals surface area contributed by atoms with Gasteiger partial charge in [-0.3, -0.25) is 0 Å². The number of ether oxygens (including phenoxy) is 1. The third-order valence-corrected chi connectivity index (χ3v) is 4.75. The maximum atomic E-state index is 6.11. The second-order valence-corrected chi connectivity index (χ2v) is 6.63. The summed E-state index contributed by atoms with van der Waals surface area (Å²) in [4.78, 5) is 0. The minimum absolute atomic E-state index is 0.463. The van der Waals surface area contributed by atoms with Gasteiger partial charge in [-0.15, -0.1) is 0 Å². The van der Waals surface area contributed by atoms with E-state index in [2.05, 4.69) is 18.3 Å². The van der Waals surface area contributed by atoms with Gasteiger partial charge in [-0.2, -0.15) is 0 Å². The molecule has 1 fully saturated rings. The molecule has 0 aliphatic carbocycles. The van der Waals surface area contributed by atoms with Gasteiger partial charge in [-0.1, -0.05) is 36.2 Å². The minimum atomic E-state index is 0.463. The first-order chi connectivity index (χ1) is 10.2. The van der Waals surface area contributed by atoms with Crippen molar-refractivity contribution < 1.29 is 4.74 Å². The van der Waals surface area contributed by atoms with Crippen LogP contribution in [0.25, 0.3) is 0 Å². The lowest BCUT2D eigenvalue weighted by Gasteiger charge is -2.20. The summed E-state index contributed by atoms with van der Waals surface area (Å²) >= 11 is 12.1. The average Bonchev–Trinajstić information content (AvgIpc) is 2.99. The highest BCUT2D eigenvalue weighted by atomic mass is 35.5. The van der Waals surface area contributed by atoms with Gasteiger partial charge in [0.1, 0.15) is 0 Å². The third kappa shape index (κ3) is 5.78. The van der Waals surface area contributed by atoms with E-state index in [1.807, 2.05) is 12.1 Å². The highest BCUT2D eigenvalue weighted by molar-refractivity contribution is 6.42. The van der Waals surface area contributed by atoms with Crippen molar-refractivity contribution >= 4 is 23.2 Å². The Bertz CT molecular complexity index is 433. The maximum Gasteiger partial charge on any atom is 0.0595 e. The zero-order valence-corrected chi connectivity index (χ0v) is 14.2. The van der Waals surface area contributed by atoms with Gasteiger partial charge < -0.3 is 10.1 Å². The highest BCUT2D eigenvalue weighted by Gasteiger charge is 2.18. The summed E-state index contributed by atoms with van der Waals surface area (Å²) in [7, 11) is 0. The van der Waals surface area contributed by atoms with Crippen molar-refractivity contribution in [2.75, 3.05) is 13.2 Å². The van der Waals surface area contributed by atoms with Crippen LogP contribution in [0.15, 0.2) is 18.2 Å². The molecule has 1 aromatic carbocycles. The van der Waals surface area contributed by atoms with Gasteiger partial charge in [0.2, 0.25) is 0 Å². The summed E-state index contributed by atoms with van der Waals surface area (Å²) in [6.45, 7) is 4.19. The summed E-state index contributed by atoms with van der Waals surface area (Å²) in [5.74, 6) is 0. The van der Waals surface area contributed by atoms with Gasteiger partial charge in [0.25, 0.3) is 0 Å². The summed E-state index contributed by atoms with van der Waals surface area (Å²) in [5, 5.41) is 4.91. The first kappa shape index (κ1) is 17.1. The largest absolute Gasteiger partial charge is 0.378 e. The van der Waals surface area contributed by atoms with Crippen molar-refractivity contribution in [1.29, 1.82) is 0 Å². The van der Waals surface area contributed by atoms with Crippen LogP contribution in [0.5, 0.6) is 0 Å². The smallest absolute Gasteiger partial charge is 0.0595 e. The molecule has 21 heavy (non-hydrogen) atoms. The zero-order valence-electron chi connectivity index (χ0n) is 12.7. The SMILES string of the molecule is CCCNC(CCC1CCCO1)Cc1ccc(Cl)c(Cl)c1. The van der Waals surface area contributed by atoms with E-state index >= 15 is 0 Å². The number of hydrogen-bond acceptors (Lipinski definition) is 2. The number of hydrogen-bond donors (Lipinski definition) is 1. The minimum Gasteiger partial charge on any atom is -0.378 e. The molecule has 1 saturated heterocycles. The Morgan fingerprint density at radius 3 is 2.86 bits per heavy atom. The first-order valence-corrected chi connectivity index (χ1v) is 8.73. The van der Waals surface area contributed by atoms with Crippen molar-refractivity contribution in [3.05, 3.63) is 33.8 Å². The predicted molar refractivity (Wildman–Crippen MR) is 90.5 cm³/mol. The molecule has 0 bridgehead atoms. The lowest BCUT2D eigenvalue weighted by Crippen LogP contribution is -2.32. The van der Waals surface area contributed by atoms with Crippen LogP contribution in [0.2, 0.25) is 10.0 Å². The van der Waals surface area contributed by atoms with E-state index < -0.39 is 0 Å². The molecule has 1 aliphatic heterocycles. The van der Waals surface area contributed by atoms with Crippen LogP contribution in [-0.2, 0) is 11.2 Å². The van der Waals surface area contributed by atoms with E-state index in [9.17, 15) is 0 Å². The number of rotatable bonds is 8. The van der Waals surface area contributed by atoms with E-state index in [0.29, 0.717) is 22.2 Å². The molecule has 4 heteroatoms. The van der Waals surface area contributed by atoms with Gasteiger partial charge in [0, 0.05) is 12.6 Å². The topological polar surface area (TPSA) is 21.3 Å². The number of halogens is 2. The molecule has 2 atom stereocenters. The van der Waals surface area contributed by atoms with Crippen LogP contribution >= 0.6 is 23.2 Å². The Labute approximate surface area is 138 Å². The van der Waals surface area contributed by atoms with E-state index in [-0.39, 0.29) is 0 Å². The second-order valence-electron chi connectivity index (χ2n) is 5.82. The van der Waals surface area contributed by atoms with Crippen LogP contribution in [-0.4, -0.2) is 25.3 Å². The van der Waals surface area contributed by atoms with Crippen LogP contribution < -0.4 is 5.32 Å². The van der Waals surface area contributed by atoms with E-state index in [4.69, 9.17) is 27.9 Å². The monoisotopic (exact) mass is 329 g/mol. The Morgan fingerprint density at radius 1 is 1.33 bits per heavy atom. The average molecular weight is 330 g/mol. The standard InChI is InChI=1S/C17H25Cl2NO/c1-2-9-20-14(6-7-15-4-3-10-21-15)11-13-5-8-16(18)17(19)12-13/h5,8,12,14-15,20H,2-4,6-7,9-11H2,1H3. The predicted octanol–water partition coefficient (Wildman–Crippen LogP) is 4.86. The molecule has 1 aliphatic rings. The van der Waals surface area contributed by atoms with Gasteiger partial charge in [-0.25, -0.2) is 0 Å². The van der Waals surface area contributed by atoms with E-state index in [1.54, 1.807) is 0 Å². The van der Waals surface area contributed by atoms with Crippen LogP contribution in [0.4, 0.5) is 0 Å². The molecule has 1 N–H and O–H groups in total. The quantitative estimate of drug-likeness (QED) is 0.735. The Hall–Kier alpha value is -0.280. The molecule has 0 radical (unpaired) electrons. The lowest BCUT2D eigenvalue weighted by molar-refractivity contribution is 0.0995. The molecular formula is C17H25Cl2NO. The van der Waals surface area contributed by atoms with Crippen LogP contribution in [0.1, 0.15) is 44.6 Å². The fourth-order valence-corrected chi connectivity index (χ4v) is 3.16.